The molecule has 2 saturated heterocycles. The van der Waals surface area contributed by atoms with Gasteiger partial charge in [-0.1, -0.05) is 30.3 Å². The normalized spacial score (nSPS) is 32.2. The van der Waals surface area contributed by atoms with Crippen LogP contribution in [0.2, 0.25) is 0 Å². The standard InChI is InChI=1S/C24H33F2N3O4/c1-16-11-24(15-32-14-22(30)28-24)20(29(16)23(31)27-12-21(25)26)13-33-19-9-7-18(8-10-19)17-5-3-2-4-6-17/h2-6,16,18-21H,7-15H2,1H3,(H,27,31)(H,28,30). The number of benzene rings is 1. The molecule has 3 unspecified atom stereocenters. The number of hydrogen-bond acceptors (Lipinski definition) is 4. The summed E-state index contributed by atoms with van der Waals surface area (Å²) in [6.45, 7) is 1.60. The van der Waals surface area contributed by atoms with E-state index in [1.54, 1.807) is 4.90 Å². The minimum absolute atomic E-state index is 0.0230. The first-order chi connectivity index (χ1) is 15.9. The number of hydrogen-bond donors (Lipinski definition) is 2. The molecular weight excluding hydrogens is 432 g/mol. The summed E-state index contributed by atoms with van der Waals surface area (Å²) < 4.78 is 37.2. The molecular formula is C24H33F2N3O4. The molecule has 3 fully saturated rings. The highest BCUT2D eigenvalue weighted by Crippen LogP contribution is 2.38. The van der Waals surface area contributed by atoms with Crippen molar-refractivity contribution in [3.05, 3.63) is 35.9 Å². The van der Waals surface area contributed by atoms with Crippen LogP contribution in [0.1, 0.15) is 50.5 Å². The average molecular weight is 466 g/mol. The summed E-state index contributed by atoms with van der Waals surface area (Å²) >= 11 is 0. The second kappa shape index (κ2) is 10.3. The number of urea groups is 1. The summed E-state index contributed by atoms with van der Waals surface area (Å²) in [5, 5.41) is 5.33. The summed E-state index contributed by atoms with van der Waals surface area (Å²) in [4.78, 5) is 26.5. The molecule has 3 atom stereocenters. The maximum Gasteiger partial charge on any atom is 0.318 e. The molecule has 33 heavy (non-hydrogen) atoms. The molecule has 2 N–H and O–H groups in total. The van der Waals surface area contributed by atoms with Crippen LogP contribution in [0, 0.1) is 0 Å². The highest BCUT2D eigenvalue weighted by atomic mass is 19.3. The van der Waals surface area contributed by atoms with Crippen molar-refractivity contribution in [2.75, 3.05) is 26.4 Å². The monoisotopic (exact) mass is 465 g/mol. The van der Waals surface area contributed by atoms with Crippen LogP contribution in [-0.2, 0) is 14.3 Å². The maximum atomic E-state index is 12.8. The van der Waals surface area contributed by atoms with E-state index in [9.17, 15) is 18.4 Å². The van der Waals surface area contributed by atoms with Gasteiger partial charge < -0.3 is 25.0 Å². The highest BCUT2D eigenvalue weighted by Gasteiger charge is 2.55. The van der Waals surface area contributed by atoms with Gasteiger partial charge in [0.1, 0.15) is 6.61 Å². The van der Waals surface area contributed by atoms with E-state index in [1.807, 2.05) is 13.0 Å². The molecule has 1 saturated carbocycles. The van der Waals surface area contributed by atoms with E-state index in [0.29, 0.717) is 12.3 Å². The summed E-state index contributed by atoms with van der Waals surface area (Å²) in [5.74, 6) is 0.281. The number of halogens is 2. The number of carbonyl (C=O) groups is 2. The topological polar surface area (TPSA) is 79.9 Å². The fraction of sp³-hybridized carbons (Fsp3) is 0.667. The van der Waals surface area contributed by atoms with E-state index in [1.165, 1.54) is 5.56 Å². The Kier molecular flexibility index (Phi) is 7.48. The van der Waals surface area contributed by atoms with Crippen LogP contribution in [0.25, 0.3) is 0 Å². The third-order valence-corrected chi connectivity index (χ3v) is 7.17. The van der Waals surface area contributed by atoms with Gasteiger partial charge in [0.05, 0.1) is 37.4 Å². The molecule has 2 aliphatic heterocycles. The quantitative estimate of drug-likeness (QED) is 0.677. The minimum atomic E-state index is -2.63. The first-order valence-corrected chi connectivity index (χ1v) is 11.8. The predicted molar refractivity (Wildman–Crippen MR) is 118 cm³/mol. The van der Waals surface area contributed by atoms with E-state index in [-0.39, 0.29) is 37.9 Å². The summed E-state index contributed by atoms with van der Waals surface area (Å²) in [5.41, 5.74) is 0.571. The van der Waals surface area contributed by atoms with Crippen molar-refractivity contribution in [3.8, 4) is 0 Å². The predicted octanol–water partition coefficient (Wildman–Crippen LogP) is 3.05. The van der Waals surface area contributed by atoms with Crippen molar-refractivity contribution in [1.82, 2.24) is 15.5 Å². The number of rotatable bonds is 6. The first kappa shape index (κ1) is 23.9. The highest BCUT2D eigenvalue weighted by molar-refractivity contribution is 5.80. The van der Waals surface area contributed by atoms with Crippen LogP contribution in [-0.4, -0.2) is 73.4 Å². The zero-order chi connectivity index (χ0) is 23.4. The van der Waals surface area contributed by atoms with Gasteiger partial charge in [0, 0.05) is 6.04 Å². The number of amides is 3. The smallest absolute Gasteiger partial charge is 0.318 e. The Morgan fingerprint density at radius 1 is 1.27 bits per heavy atom. The first-order valence-electron chi connectivity index (χ1n) is 11.8. The van der Waals surface area contributed by atoms with E-state index in [4.69, 9.17) is 9.47 Å². The average Bonchev–Trinajstić information content (AvgIpc) is 3.06. The molecule has 1 aromatic carbocycles. The molecule has 182 valence electrons. The van der Waals surface area contributed by atoms with Crippen molar-refractivity contribution in [2.45, 2.75) is 75.1 Å². The molecule has 1 aliphatic carbocycles. The second-order valence-corrected chi connectivity index (χ2v) is 9.47. The number of ether oxygens (including phenoxy) is 2. The minimum Gasteiger partial charge on any atom is -0.376 e. The Morgan fingerprint density at radius 2 is 2.00 bits per heavy atom. The molecule has 3 aliphatic rings. The van der Waals surface area contributed by atoms with Gasteiger partial charge in [-0.25, -0.2) is 13.6 Å². The molecule has 3 amide bonds. The summed E-state index contributed by atoms with van der Waals surface area (Å²) in [6.07, 6.45) is 1.79. The lowest BCUT2D eigenvalue weighted by Gasteiger charge is -2.41. The lowest BCUT2D eigenvalue weighted by Crippen LogP contribution is -2.65. The third kappa shape index (κ3) is 5.46. The number of nitrogens with zero attached hydrogens (tertiary/aromatic N) is 1. The third-order valence-electron chi connectivity index (χ3n) is 7.17. The Bertz CT molecular complexity index is 819. The fourth-order valence-electron chi connectivity index (χ4n) is 5.65. The molecule has 2 heterocycles. The molecule has 1 aromatic rings. The molecule has 4 rings (SSSR count). The van der Waals surface area contributed by atoms with Gasteiger partial charge in [0.15, 0.2) is 0 Å². The zero-order valence-electron chi connectivity index (χ0n) is 19.0. The Labute approximate surface area is 193 Å². The van der Waals surface area contributed by atoms with E-state index < -0.39 is 30.6 Å². The maximum absolute atomic E-state index is 12.8. The van der Waals surface area contributed by atoms with Crippen LogP contribution in [0.4, 0.5) is 13.6 Å². The largest absolute Gasteiger partial charge is 0.376 e. The molecule has 0 radical (unpaired) electrons. The van der Waals surface area contributed by atoms with E-state index in [0.717, 1.165) is 25.7 Å². The number of nitrogens with one attached hydrogen (secondary N) is 2. The Morgan fingerprint density at radius 3 is 2.67 bits per heavy atom. The van der Waals surface area contributed by atoms with E-state index >= 15 is 0 Å². The lowest BCUT2D eigenvalue weighted by atomic mass is 9.82. The van der Waals surface area contributed by atoms with Crippen LogP contribution < -0.4 is 10.6 Å². The van der Waals surface area contributed by atoms with Gasteiger partial charge in [-0.3, -0.25) is 4.79 Å². The van der Waals surface area contributed by atoms with Crippen LogP contribution in [0.15, 0.2) is 30.3 Å². The number of likely N-dealkylation sites (tertiary alicyclic amines) is 1. The summed E-state index contributed by atoms with van der Waals surface area (Å²) in [6, 6.07) is 9.15. The van der Waals surface area contributed by atoms with Crippen LogP contribution in [0.3, 0.4) is 0 Å². The number of morpholine rings is 1. The SMILES string of the molecule is CC1CC2(COCC(=O)N2)C(COC2CCC(c3ccccc3)CC2)N1C(=O)NCC(F)F. The van der Waals surface area contributed by atoms with Crippen LogP contribution in [0.5, 0.6) is 0 Å². The lowest BCUT2D eigenvalue weighted by molar-refractivity contribution is -0.137. The number of carbonyl (C=O) groups excluding carboxylic acids is 2. The van der Waals surface area contributed by atoms with Crippen molar-refractivity contribution >= 4 is 11.9 Å². The zero-order valence-corrected chi connectivity index (χ0v) is 19.0. The molecule has 9 heteroatoms. The van der Waals surface area contributed by atoms with Gasteiger partial charge in [-0.05, 0) is 50.5 Å². The molecule has 0 bridgehead atoms. The molecule has 7 nitrogen and oxygen atoms in total. The van der Waals surface area contributed by atoms with Crippen molar-refractivity contribution in [1.29, 1.82) is 0 Å². The second-order valence-electron chi connectivity index (χ2n) is 9.47. The number of alkyl halides is 2. The van der Waals surface area contributed by atoms with Crippen molar-refractivity contribution in [2.24, 2.45) is 0 Å². The van der Waals surface area contributed by atoms with Crippen molar-refractivity contribution < 1.29 is 27.8 Å². The Hall–Kier alpha value is -2.26. The van der Waals surface area contributed by atoms with Gasteiger partial charge in [0.2, 0.25) is 5.91 Å². The fourth-order valence-corrected chi connectivity index (χ4v) is 5.65. The Balaban J connectivity index is 1.41. The molecule has 1 spiro atoms. The van der Waals surface area contributed by atoms with Crippen molar-refractivity contribution in [3.63, 3.8) is 0 Å². The van der Waals surface area contributed by atoms with Gasteiger partial charge in [0.25, 0.3) is 6.43 Å². The molecule has 0 aromatic heterocycles. The van der Waals surface area contributed by atoms with Gasteiger partial charge in [-0.15, -0.1) is 0 Å². The van der Waals surface area contributed by atoms with Gasteiger partial charge in [-0.2, -0.15) is 0 Å². The van der Waals surface area contributed by atoms with E-state index in [2.05, 4.69) is 34.9 Å². The summed E-state index contributed by atoms with van der Waals surface area (Å²) in [7, 11) is 0. The van der Waals surface area contributed by atoms with Gasteiger partial charge >= 0.3 is 6.03 Å². The van der Waals surface area contributed by atoms with Crippen LogP contribution >= 0.6 is 0 Å².